The third-order valence-electron chi connectivity index (χ3n) is 5.08. The fourth-order valence-electron chi connectivity index (χ4n) is 3.70. The molecule has 0 bridgehead atoms. The maximum absolute atomic E-state index is 13.3. The van der Waals surface area contributed by atoms with Gasteiger partial charge in [-0.25, -0.2) is 9.18 Å². The van der Waals surface area contributed by atoms with Gasteiger partial charge in [0.15, 0.2) is 0 Å². The van der Waals surface area contributed by atoms with Crippen molar-refractivity contribution in [2.24, 2.45) is 4.99 Å². The van der Waals surface area contributed by atoms with E-state index in [0.29, 0.717) is 11.5 Å². The summed E-state index contributed by atoms with van der Waals surface area (Å²) in [6.07, 6.45) is 0.213. The van der Waals surface area contributed by atoms with Crippen LogP contribution in [0.4, 0.5) is 14.9 Å². The number of piperidine rings is 1. The number of amidine groups is 1. The summed E-state index contributed by atoms with van der Waals surface area (Å²) in [5.41, 5.74) is 1.43. The molecule has 0 aromatic heterocycles. The summed E-state index contributed by atoms with van der Waals surface area (Å²) < 4.78 is 18.5. The number of benzene rings is 2. The topological polar surface area (TPSA) is 62.2 Å². The second-order valence-corrected chi connectivity index (χ2v) is 6.60. The molecule has 2 aromatic rings. The molecule has 0 aliphatic carbocycles. The van der Waals surface area contributed by atoms with Crippen LogP contribution in [0.1, 0.15) is 17.9 Å². The molecule has 2 aliphatic heterocycles. The molecule has 0 saturated carbocycles. The van der Waals surface area contributed by atoms with E-state index in [1.54, 1.807) is 19.1 Å². The fourth-order valence-corrected chi connectivity index (χ4v) is 3.70. The SMILES string of the molecule is COc1ccc([C@H]2CC(=O)N(c3ccc(F)cc3)C3=NC(=O)N(C)[C@@H]32)cc1. The molecule has 0 N–H and O–H groups in total. The Balaban J connectivity index is 1.75. The molecule has 1 saturated heterocycles. The average molecular weight is 367 g/mol. The van der Waals surface area contributed by atoms with Crippen LogP contribution in [-0.2, 0) is 4.79 Å². The van der Waals surface area contributed by atoms with Crippen LogP contribution in [-0.4, -0.2) is 42.9 Å². The van der Waals surface area contributed by atoms with Crippen molar-refractivity contribution in [1.82, 2.24) is 4.90 Å². The first-order valence-corrected chi connectivity index (χ1v) is 8.57. The lowest BCUT2D eigenvalue weighted by Gasteiger charge is -2.39. The van der Waals surface area contributed by atoms with Crippen LogP contribution >= 0.6 is 0 Å². The first-order valence-electron chi connectivity index (χ1n) is 8.57. The average Bonchev–Trinajstić information content (AvgIpc) is 2.97. The minimum Gasteiger partial charge on any atom is -0.497 e. The van der Waals surface area contributed by atoms with Crippen molar-refractivity contribution in [2.75, 3.05) is 19.1 Å². The molecule has 0 unspecified atom stereocenters. The number of carbonyl (C=O) groups excluding carboxylic acids is 2. The number of fused-ring (bicyclic) bond motifs is 1. The zero-order valence-corrected chi connectivity index (χ0v) is 14.9. The standard InChI is InChI=1S/C20H18FN3O3/c1-23-18-16(12-3-9-15(27-2)10-4-12)11-17(25)24(19(18)22-20(23)26)14-7-5-13(21)6-8-14/h3-10,16,18H,11H2,1-2H3/t16-,18-/m1/s1. The van der Waals surface area contributed by atoms with E-state index in [4.69, 9.17) is 4.74 Å². The highest BCUT2D eigenvalue weighted by atomic mass is 19.1. The molecule has 6 nitrogen and oxygen atoms in total. The Kier molecular flexibility index (Phi) is 4.14. The summed E-state index contributed by atoms with van der Waals surface area (Å²) in [5, 5.41) is 0. The number of halogens is 1. The van der Waals surface area contributed by atoms with Gasteiger partial charge >= 0.3 is 6.03 Å². The lowest BCUT2D eigenvalue weighted by molar-refractivity contribution is -0.118. The third-order valence-corrected chi connectivity index (χ3v) is 5.08. The lowest BCUT2D eigenvalue weighted by Crippen LogP contribution is -2.54. The van der Waals surface area contributed by atoms with Crippen LogP contribution in [0.25, 0.3) is 0 Å². The number of carbonyl (C=O) groups is 2. The lowest BCUT2D eigenvalue weighted by atomic mass is 9.83. The number of likely N-dealkylation sites (N-methyl/N-ethyl adjacent to an activating group) is 1. The van der Waals surface area contributed by atoms with Gasteiger partial charge in [0.2, 0.25) is 5.91 Å². The number of urea groups is 1. The van der Waals surface area contributed by atoms with Gasteiger partial charge in [0, 0.05) is 19.4 Å². The van der Waals surface area contributed by atoms with Gasteiger partial charge < -0.3 is 9.64 Å². The monoisotopic (exact) mass is 367 g/mol. The predicted octanol–water partition coefficient (Wildman–Crippen LogP) is 3.19. The molecule has 0 spiro atoms. The van der Waals surface area contributed by atoms with E-state index in [1.165, 1.54) is 29.2 Å². The van der Waals surface area contributed by atoms with Gasteiger partial charge in [0.05, 0.1) is 18.8 Å². The highest BCUT2D eigenvalue weighted by Crippen LogP contribution is 2.38. The van der Waals surface area contributed by atoms with Gasteiger partial charge in [0.25, 0.3) is 0 Å². The molecule has 0 radical (unpaired) electrons. The number of hydrogen-bond donors (Lipinski definition) is 0. The predicted molar refractivity (Wildman–Crippen MR) is 98.6 cm³/mol. The van der Waals surface area contributed by atoms with Crippen LogP contribution in [0.2, 0.25) is 0 Å². The first kappa shape index (κ1) is 17.2. The Morgan fingerprint density at radius 2 is 1.74 bits per heavy atom. The Bertz CT molecular complexity index is 924. The molecule has 138 valence electrons. The molecule has 1 fully saturated rings. The number of ether oxygens (including phenoxy) is 1. The maximum Gasteiger partial charge on any atom is 0.345 e. The van der Waals surface area contributed by atoms with E-state index in [0.717, 1.165) is 11.3 Å². The van der Waals surface area contributed by atoms with Gasteiger partial charge in [-0.3, -0.25) is 9.69 Å². The Labute approximate surface area is 155 Å². The van der Waals surface area contributed by atoms with Gasteiger partial charge in [-0.2, -0.15) is 4.99 Å². The number of methoxy groups -OCH3 is 1. The Morgan fingerprint density at radius 3 is 2.37 bits per heavy atom. The van der Waals surface area contributed by atoms with E-state index >= 15 is 0 Å². The highest BCUT2D eigenvalue weighted by molar-refractivity contribution is 6.25. The van der Waals surface area contributed by atoms with Crippen LogP contribution < -0.4 is 9.64 Å². The number of aliphatic imine (C=N–C) groups is 1. The zero-order chi connectivity index (χ0) is 19.1. The summed E-state index contributed by atoms with van der Waals surface area (Å²) in [6, 6.07) is 12.3. The second kappa shape index (κ2) is 6.50. The maximum atomic E-state index is 13.3. The minimum absolute atomic E-state index is 0.180. The van der Waals surface area contributed by atoms with E-state index in [1.807, 2.05) is 24.3 Å². The molecular weight excluding hydrogens is 349 g/mol. The number of hydrogen-bond acceptors (Lipinski definition) is 3. The van der Waals surface area contributed by atoms with Crippen molar-refractivity contribution >= 4 is 23.5 Å². The smallest absolute Gasteiger partial charge is 0.345 e. The van der Waals surface area contributed by atoms with Gasteiger partial charge in [-0.05, 0) is 42.0 Å². The Morgan fingerprint density at radius 1 is 1.07 bits per heavy atom. The van der Waals surface area contributed by atoms with E-state index in [2.05, 4.69) is 4.99 Å². The molecule has 4 rings (SSSR count). The van der Waals surface area contributed by atoms with Gasteiger partial charge in [-0.1, -0.05) is 12.1 Å². The summed E-state index contributed by atoms with van der Waals surface area (Å²) in [7, 11) is 3.27. The summed E-state index contributed by atoms with van der Waals surface area (Å²) in [5.74, 6) is 0.318. The van der Waals surface area contributed by atoms with Gasteiger partial charge in [0.1, 0.15) is 17.4 Å². The van der Waals surface area contributed by atoms with Crippen molar-refractivity contribution in [1.29, 1.82) is 0 Å². The molecule has 2 aliphatic rings. The van der Waals surface area contributed by atoms with Crippen LogP contribution in [0.3, 0.4) is 0 Å². The van der Waals surface area contributed by atoms with E-state index < -0.39 is 11.8 Å². The van der Waals surface area contributed by atoms with Crippen LogP contribution in [0.15, 0.2) is 53.5 Å². The largest absolute Gasteiger partial charge is 0.497 e. The van der Waals surface area contributed by atoms with Crippen LogP contribution in [0, 0.1) is 5.82 Å². The normalized spacial score (nSPS) is 22.0. The molecule has 7 heteroatoms. The Hall–Kier alpha value is -3.22. The summed E-state index contributed by atoms with van der Waals surface area (Å²) >= 11 is 0. The third kappa shape index (κ3) is 2.85. The molecule has 27 heavy (non-hydrogen) atoms. The van der Waals surface area contributed by atoms with E-state index in [-0.39, 0.29) is 24.3 Å². The highest BCUT2D eigenvalue weighted by Gasteiger charge is 2.48. The quantitative estimate of drug-likeness (QED) is 0.837. The molecule has 2 heterocycles. The summed E-state index contributed by atoms with van der Waals surface area (Å²) in [4.78, 5) is 32.3. The van der Waals surface area contributed by atoms with Crippen molar-refractivity contribution in [2.45, 2.75) is 18.4 Å². The second-order valence-electron chi connectivity index (χ2n) is 6.60. The number of nitrogens with zero attached hydrogens (tertiary/aromatic N) is 3. The number of rotatable bonds is 3. The fraction of sp³-hybridized carbons (Fsp3) is 0.250. The van der Waals surface area contributed by atoms with Crippen molar-refractivity contribution in [3.05, 3.63) is 59.9 Å². The molecule has 3 amide bonds. The van der Waals surface area contributed by atoms with Crippen LogP contribution in [0.5, 0.6) is 5.75 Å². The zero-order valence-electron chi connectivity index (χ0n) is 14.9. The summed E-state index contributed by atoms with van der Waals surface area (Å²) in [6.45, 7) is 0. The van der Waals surface area contributed by atoms with E-state index in [9.17, 15) is 14.0 Å². The number of anilines is 1. The first-order chi connectivity index (χ1) is 13.0. The number of amides is 3. The molecule has 2 aromatic carbocycles. The van der Waals surface area contributed by atoms with Crippen molar-refractivity contribution in [3.63, 3.8) is 0 Å². The van der Waals surface area contributed by atoms with Crippen molar-refractivity contribution in [3.8, 4) is 5.75 Å². The van der Waals surface area contributed by atoms with Gasteiger partial charge in [-0.15, -0.1) is 0 Å². The molecular formula is C20H18FN3O3. The minimum atomic E-state index is -0.393. The van der Waals surface area contributed by atoms with Crippen molar-refractivity contribution < 1.29 is 18.7 Å². The molecule has 2 atom stereocenters.